The number of nitrogens with one attached hydrogen (secondary N) is 1. The van der Waals surface area contributed by atoms with Gasteiger partial charge < -0.3 is 10.4 Å². The van der Waals surface area contributed by atoms with Gasteiger partial charge in [0.15, 0.2) is 0 Å². The number of nitrogens with zero attached hydrogens (tertiary/aromatic N) is 3. The zero-order valence-corrected chi connectivity index (χ0v) is 11.6. The SMILES string of the molecule is CC(C)(C)n1cc(CNc2ccc(CO)cc2)nn1. The van der Waals surface area contributed by atoms with Crippen LogP contribution in [0.15, 0.2) is 30.5 Å². The first kappa shape index (κ1) is 13.5. The van der Waals surface area contributed by atoms with Gasteiger partial charge in [-0.2, -0.15) is 0 Å². The molecule has 0 radical (unpaired) electrons. The van der Waals surface area contributed by atoms with E-state index < -0.39 is 0 Å². The quantitative estimate of drug-likeness (QED) is 0.884. The number of rotatable bonds is 4. The summed E-state index contributed by atoms with van der Waals surface area (Å²) >= 11 is 0. The lowest BCUT2D eigenvalue weighted by Gasteiger charge is -2.17. The third kappa shape index (κ3) is 3.54. The summed E-state index contributed by atoms with van der Waals surface area (Å²) in [6, 6.07) is 7.68. The van der Waals surface area contributed by atoms with E-state index in [1.54, 1.807) is 0 Å². The summed E-state index contributed by atoms with van der Waals surface area (Å²) in [5.74, 6) is 0. The maximum atomic E-state index is 8.97. The molecule has 19 heavy (non-hydrogen) atoms. The van der Waals surface area contributed by atoms with E-state index in [9.17, 15) is 0 Å². The Hall–Kier alpha value is -1.88. The van der Waals surface area contributed by atoms with E-state index in [2.05, 4.69) is 36.4 Å². The van der Waals surface area contributed by atoms with Gasteiger partial charge in [0.2, 0.25) is 0 Å². The Morgan fingerprint density at radius 3 is 2.42 bits per heavy atom. The molecule has 0 aliphatic heterocycles. The van der Waals surface area contributed by atoms with E-state index in [1.807, 2.05) is 35.1 Å². The first-order chi connectivity index (χ1) is 8.99. The van der Waals surface area contributed by atoms with Crippen molar-refractivity contribution in [2.45, 2.75) is 39.5 Å². The molecule has 0 unspecified atom stereocenters. The Bertz CT molecular complexity index is 525. The number of aliphatic hydroxyl groups excluding tert-OH is 1. The third-order valence-electron chi connectivity index (χ3n) is 2.84. The van der Waals surface area contributed by atoms with Crippen LogP contribution < -0.4 is 5.32 Å². The lowest BCUT2D eigenvalue weighted by Crippen LogP contribution is -2.22. The molecule has 5 nitrogen and oxygen atoms in total. The number of hydrogen-bond acceptors (Lipinski definition) is 4. The van der Waals surface area contributed by atoms with Gasteiger partial charge in [-0.25, -0.2) is 4.68 Å². The fourth-order valence-electron chi connectivity index (χ4n) is 1.63. The number of aliphatic hydroxyl groups is 1. The van der Waals surface area contributed by atoms with Crippen LogP contribution in [0.2, 0.25) is 0 Å². The molecule has 0 aliphatic rings. The lowest BCUT2D eigenvalue weighted by atomic mass is 10.1. The Morgan fingerprint density at radius 1 is 1.21 bits per heavy atom. The lowest BCUT2D eigenvalue weighted by molar-refractivity contribution is 0.282. The fraction of sp³-hybridized carbons (Fsp3) is 0.429. The van der Waals surface area contributed by atoms with Gasteiger partial charge >= 0.3 is 0 Å². The van der Waals surface area contributed by atoms with Crippen molar-refractivity contribution in [3.8, 4) is 0 Å². The highest BCUT2D eigenvalue weighted by Crippen LogP contribution is 2.13. The van der Waals surface area contributed by atoms with Gasteiger partial charge in [-0.1, -0.05) is 17.3 Å². The van der Waals surface area contributed by atoms with Crippen molar-refractivity contribution >= 4 is 5.69 Å². The molecule has 2 N–H and O–H groups in total. The Balaban J connectivity index is 1.96. The molecule has 0 fully saturated rings. The Kier molecular flexibility index (Phi) is 3.85. The van der Waals surface area contributed by atoms with Crippen LogP contribution in [-0.2, 0) is 18.7 Å². The number of hydrogen-bond donors (Lipinski definition) is 2. The average molecular weight is 260 g/mol. The summed E-state index contributed by atoms with van der Waals surface area (Å²) in [7, 11) is 0. The first-order valence-corrected chi connectivity index (χ1v) is 6.34. The molecule has 1 heterocycles. The Morgan fingerprint density at radius 2 is 1.89 bits per heavy atom. The molecule has 102 valence electrons. The van der Waals surface area contributed by atoms with Crippen LogP contribution >= 0.6 is 0 Å². The van der Waals surface area contributed by atoms with E-state index in [0.29, 0.717) is 6.54 Å². The van der Waals surface area contributed by atoms with E-state index >= 15 is 0 Å². The molecule has 0 atom stereocenters. The zero-order chi connectivity index (χ0) is 13.9. The molecular formula is C14H20N4O. The van der Waals surface area contributed by atoms with Gasteiger partial charge in [0, 0.05) is 5.69 Å². The summed E-state index contributed by atoms with van der Waals surface area (Å²) in [4.78, 5) is 0. The van der Waals surface area contributed by atoms with Gasteiger partial charge in [-0.05, 0) is 38.5 Å². The van der Waals surface area contributed by atoms with Crippen molar-refractivity contribution in [1.29, 1.82) is 0 Å². The topological polar surface area (TPSA) is 63.0 Å². The van der Waals surface area contributed by atoms with Crippen molar-refractivity contribution in [3.05, 3.63) is 41.7 Å². The Labute approximate surface area is 113 Å². The molecule has 2 aromatic rings. The number of anilines is 1. The summed E-state index contributed by atoms with van der Waals surface area (Å²) in [5, 5.41) is 20.5. The minimum absolute atomic E-state index is 0.0476. The van der Waals surface area contributed by atoms with E-state index in [-0.39, 0.29) is 12.1 Å². The summed E-state index contributed by atoms with van der Waals surface area (Å²) in [6.07, 6.45) is 1.95. The van der Waals surface area contributed by atoms with Crippen LogP contribution in [0, 0.1) is 0 Å². The number of benzene rings is 1. The molecule has 0 saturated heterocycles. The van der Waals surface area contributed by atoms with Gasteiger partial charge in [0.05, 0.1) is 24.9 Å². The van der Waals surface area contributed by atoms with E-state index in [0.717, 1.165) is 16.9 Å². The third-order valence-corrected chi connectivity index (χ3v) is 2.84. The minimum Gasteiger partial charge on any atom is -0.392 e. The molecule has 1 aromatic carbocycles. The normalized spacial score (nSPS) is 11.6. The fourth-order valence-corrected chi connectivity index (χ4v) is 1.63. The van der Waals surface area contributed by atoms with Gasteiger partial charge in [-0.3, -0.25) is 0 Å². The van der Waals surface area contributed by atoms with Crippen molar-refractivity contribution in [3.63, 3.8) is 0 Å². The highest BCUT2D eigenvalue weighted by atomic mass is 16.3. The molecule has 1 aromatic heterocycles. The van der Waals surface area contributed by atoms with Crippen LogP contribution in [0.4, 0.5) is 5.69 Å². The summed E-state index contributed by atoms with van der Waals surface area (Å²) in [5.41, 5.74) is 2.77. The second-order valence-corrected chi connectivity index (χ2v) is 5.53. The van der Waals surface area contributed by atoms with Gasteiger partial charge in [-0.15, -0.1) is 5.10 Å². The molecule has 5 heteroatoms. The minimum atomic E-state index is -0.0476. The predicted molar refractivity (Wildman–Crippen MR) is 74.7 cm³/mol. The van der Waals surface area contributed by atoms with E-state index in [4.69, 9.17) is 5.11 Å². The van der Waals surface area contributed by atoms with Crippen molar-refractivity contribution in [2.75, 3.05) is 5.32 Å². The highest BCUT2D eigenvalue weighted by Gasteiger charge is 2.14. The maximum absolute atomic E-state index is 8.97. The number of aromatic nitrogens is 3. The van der Waals surface area contributed by atoms with Crippen LogP contribution in [0.1, 0.15) is 32.0 Å². The molecule has 0 spiro atoms. The van der Waals surface area contributed by atoms with Crippen LogP contribution in [0.25, 0.3) is 0 Å². The van der Waals surface area contributed by atoms with E-state index in [1.165, 1.54) is 0 Å². The van der Waals surface area contributed by atoms with Gasteiger partial charge in [0.25, 0.3) is 0 Å². The second-order valence-electron chi connectivity index (χ2n) is 5.53. The van der Waals surface area contributed by atoms with Crippen molar-refractivity contribution < 1.29 is 5.11 Å². The first-order valence-electron chi connectivity index (χ1n) is 6.34. The molecular weight excluding hydrogens is 240 g/mol. The second kappa shape index (κ2) is 5.40. The molecule has 0 saturated carbocycles. The standard InChI is InChI=1S/C14H20N4O/c1-14(2,3)18-9-13(16-17-18)8-15-12-6-4-11(10-19)5-7-12/h4-7,9,15,19H,8,10H2,1-3H3. The highest BCUT2D eigenvalue weighted by molar-refractivity contribution is 5.44. The molecule has 0 aliphatic carbocycles. The van der Waals surface area contributed by atoms with Crippen molar-refractivity contribution in [2.24, 2.45) is 0 Å². The predicted octanol–water partition coefficient (Wildman–Crippen LogP) is 2.14. The molecule has 0 amide bonds. The van der Waals surface area contributed by atoms with Crippen LogP contribution in [0.5, 0.6) is 0 Å². The van der Waals surface area contributed by atoms with Gasteiger partial charge in [0.1, 0.15) is 5.69 Å². The monoisotopic (exact) mass is 260 g/mol. The maximum Gasteiger partial charge on any atom is 0.102 e. The van der Waals surface area contributed by atoms with Crippen molar-refractivity contribution in [1.82, 2.24) is 15.0 Å². The molecule has 0 bridgehead atoms. The molecule has 2 rings (SSSR count). The summed E-state index contributed by atoms with van der Waals surface area (Å²) in [6.45, 7) is 6.97. The van der Waals surface area contributed by atoms with Crippen LogP contribution in [-0.4, -0.2) is 20.1 Å². The smallest absolute Gasteiger partial charge is 0.102 e. The van der Waals surface area contributed by atoms with Crippen LogP contribution in [0.3, 0.4) is 0 Å². The average Bonchev–Trinajstić information content (AvgIpc) is 2.86. The summed E-state index contributed by atoms with van der Waals surface area (Å²) < 4.78 is 1.86. The largest absolute Gasteiger partial charge is 0.392 e. The zero-order valence-electron chi connectivity index (χ0n) is 11.6.